The molecule has 0 spiro atoms. The van der Waals surface area contributed by atoms with Crippen LogP contribution in [-0.4, -0.2) is 66.8 Å². The predicted molar refractivity (Wildman–Crippen MR) is 99.0 cm³/mol. The second kappa shape index (κ2) is 7.28. The molecule has 1 amide bonds. The van der Waals surface area contributed by atoms with Crippen molar-refractivity contribution in [3.05, 3.63) is 52.5 Å². The summed E-state index contributed by atoms with van der Waals surface area (Å²) in [4.78, 5) is 33.4. The van der Waals surface area contributed by atoms with E-state index in [1.807, 2.05) is 25.1 Å². The van der Waals surface area contributed by atoms with E-state index in [-0.39, 0.29) is 18.0 Å². The molecule has 0 saturated carbocycles. The number of aryl methyl sites for hydroxylation is 1. The third-order valence-corrected chi connectivity index (χ3v) is 4.90. The number of rotatable bonds is 4. The summed E-state index contributed by atoms with van der Waals surface area (Å²) < 4.78 is 1.28. The fourth-order valence-corrected chi connectivity index (χ4v) is 3.41. The zero-order valence-corrected chi connectivity index (χ0v) is 15.1. The standard InChI is InChI=1S/C18H21N7O2/c1-13-14-4-2-3-5-15(14)18(27)25(22-13)11-17(26)24-8-6-23(7-9-24)10-16-19-12-20-21-16/h2-5,12H,6-11H2,1H3,(H,19,20,21). The van der Waals surface area contributed by atoms with Crippen LogP contribution in [0.25, 0.3) is 10.8 Å². The van der Waals surface area contributed by atoms with Gasteiger partial charge in [0.25, 0.3) is 5.56 Å². The number of piperazine rings is 1. The Morgan fingerprint density at radius 3 is 2.59 bits per heavy atom. The van der Waals surface area contributed by atoms with Gasteiger partial charge < -0.3 is 4.90 Å². The molecule has 0 radical (unpaired) electrons. The number of carbonyl (C=O) groups excluding carboxylic acids is 1. The lowest BCUT2D eigenvalue weighted by molar-refractivity contribution is -0.133. The average Bonchev–Trinajstić information content (AvgIpc) is 3.19. The first-order valence-corrected chi connectivity index (χ1v) is 8.92. The largest absolute Gasteiger partial charge is 0.339 e. The van der Waals surface area contributed by atoms with Crippen LogP contribution in [0.3, 0.4) is 0 Å². The first-order valence-electron chi connectivity index (χ1n) is 8.92. The normalized spacial score (nSPS) is 15.4. The van der Waals surface area contributed by atoms with Crippen LogP contribution in [0.15, 0.2) is 35.4 Å². The lowest BCUT2D eigenvalue weighted by Gasteiger charge is -2.34. The molecular formula is C18H21N7O2. The Hall–Kier alpha value is -3.07. The number of hydrogen-bond donors (Lipinski definition) is 1. The molecule has 0 unspecified atom stereocenters. The van der Waals surface area contributed by atoms with Crippen molar-refractivity contribution in [2.75, 3.05) is 26.2 Å². The van der Waals surface area contributed by atoms with Crippen molar-refractivity contribution in [2.24, 2.45) is 0 Å². The van der Waals surface area contributed by atoms with Gasteiger partial charge in [0.2, 0.25) is 5.91 Å². The Morgan fingerprint density at radius 2 is 1.89 bits per heavy atom. The summed E-state index contributed by atoms with van der Waals surface area (Å²) in [6, 6.07) is 7.35. The Kier molecular flexibility index (Phi) is 4.68. The molecule has 0 bridgehead atoms. The molecule has 0 aliphatic carbocycles. The number of nitrogens with one attached hydrogen (secondary N) is 1. The van der Waals surface area contributed by atoms with Gasteiger partial charge >= 0.3 is 0 Å². The van der Waals surface area contributed by atoms with Crippen molar-refractivity contribution in [3.63, 3.8) is 0 Å². The number of hydrogen-bond acceptors (Lipinski definition) is 6. The third-order valence-electron chi connectivity index (χ3n) is 4.90. The summed E-state index contributed by atoms with van der Waals surface area (Å²) in [7, 11) is 0. The fourth-order valence-electron chi connectivity index (χ4n) is 3.41. The Labute approximate surface area is 155 Å². The molecule has 3 aromatic rings. The second-order valence-corrected chi connectivity index (χ2v) is 6.68. The van der Waals surface area contributed by atoms with Crippen LogP contribution in [0.5, 0.6) is 0 Å². The maximum absolute atomic E-state index is 12.7. The van der Waals surface area contributed by atoms with E-state index in [4.69, 9.17) is 0 Å². The second-order valence-electron chi connectivity index (χ2n) is 6.68. The van der Waals surface area contributed by atoms with Crippen molar-refractivity contribution in [3.8, 4) is 0 Å². The van der Waals surface area contributed by atoms with Crippen molar-refractivity contribution >= 4 is 16.7 Å². The van der Waals surface area contributed by atoms with Crippen LogP contribution in [0.1, 0.15) is 11.5 Å². The monoisotopic (exact) mass is 367 g/mol. The van der Waals surface area contributed by atoms with Gasteiger partial charge in [-0.2, -0.15) is 10.2 Å². The number of benzene rings is 1. The van der Waals surface area contributed by atoms with Gasteiger partial charge in [-0.1, -0.05) is 18.2 Å². The van der Waals surface area contributed by atoms with E-state index >= 15 is 0 Å². The molecule has 1 aliphatic heterocycles. The zero-order valence-electron chi connectivity index (χ0n) is 15.1. The minimum Gasteiger partial charge on any atom is -0.339 e. The fraction of sp³-hybridized carbons (Fsp3) is 0.389. The summed E-state index contributed by atoms with van der Waals surface area (Å²) in [5.74, 6) is 0.732. The lowest BCUT2D eigenvalue weighted by Crippen LogP contribution is -2.49. The van der Waals surface area contributed by atoms with Crippen LogP contribution in [0, 0.1) is 6.92 Å². The molecule has 1 N–H and O–H groups in total. The van der Waals surface area contributed by atoms with Crippen molar-refractivity contribution in [2.45, 2.75) is 20.0 Å². The van der Waals surface area contributed by atoms with Gasteiger partial charge in [-0.15, -0.1) is 0 Å². The maximum Gasteiger partial charge on any atom is 0.275 e. The quantitative estimate of drug-likeness (QED) is 0.705. The van der Waals surface area contributed by atoms with Crippen LogP contribution >= 0.6 is 0 Å². The topological polar surface area (TPSA) is 100 Å². The van der Waals surface area contributed by atoms with E-state index < -0.39 is 0 Å². The number of aromatic nitrogens is 5. The van der Waals surface area contributed by atoms with E-state index in [0.717, 1.165) is 30.0 Å². The third kappa shape index (κ3) is 3.59. The van der Waals surface area contributed by atoms with Crippen LogP contribution in [0.2, 0.25) is 0 Å². The van der Waals surface area contributed by atoms with Crippen molar-refractivity contribution < 1.29 is 4.79 Å². The molecule has 1 fully saturated rings. The number of aromatic amines is 1. The molecule has 1 saturated heterocycles. The highest BCUT2D eigenvalue weighted by Crippen LogP contribution is 2.12. The minimum absolute atomic E-state index is 0.0351. The highest BCUT2D eigenvalue weighted by molar-refractivity contribution is 5.83. The van der Waals surface area contributed by atoms with E-state index in [1.54, 1.807) is 11.0 Å². The van der Waals surface area contributed by atoms with Crippen LogP contribution in [-0.2, 0) is 17.9 Å². The predicted octanol–water partition coefficient (Wildman–Crippen LogP) is 0.167. The highest BCUT2D eigenvalue weighted by atomic mass is 16.2. The number of carbonyl (C=O) groups is 1. The zero-order chi connectivity index (χ0) is 18.8. The van der Waals surface area contributed by atoms with Crippen molar-refractivity contribution in [1.29, 1.82) is 0 Å². The number of amides is 1. The SMILES string of the molecule is Cc1nn(CC(=O)N2CCN(Cc3ncn[nH]3)CC2)c(=O)c2ccccc12. The van der Waals surface area contributed by atoms with Gasteiger partial charge in [-0.25, -0.2) is 9.67 Å². The van der Waals surface area contributed by atoms with Gasteiger partial charge in [-0.3, -0.25) is 19.6 Å². The van der Waals surface area contributed by atoms with E-state index in [9.17, 15) is 9.59 Å². The van der Waals surface area contributed by atoms with Crippen molar-refractivity contribution in [1.82, 2.24) is 34.8 Å². The molecule has 0 atom stereocenters. The van der Waals surface area contributed by atoms with Crippen LogP contribution in [0.4, 0.5) is 0 Å². The smallest absolute Gasteiger partial charge is 0.275 e. The molecule has 2 aromatic heterocycles. The Balaban J connectivity index is 1.42. The Bertz CT molecular complexity index is 1000. The lowest BCUT2D eigenvalue weighted by atomic mass is 10.1. The summed E-state index contributed by atoms with van der Waals surface area (Å²) >= 11 is 0. The molecule has 140 valence electrons. The number of H-pyrrole nitrogens is 1. The number of nitrogens with zero attached hydrogens (tertiary/aromatic N) is 6. The molecule has 27 heavy (non-hydrogen) atoms. The summed E-state index contributed by atoms with van der Waals surface area (Å²) in [6.45, 7) is 5.25. The molecule has 9 heteroatoms. The first-order chi connectivity index (χ1) is 13.1. The maximum atomic E-state index is 12.7. The molecule has 9 nitrogen and oxygen atoms in total. The van der Waals surface area contributed by atoms with Gasteiger partial charge in [0, 0.05) is 31.6 Å². The molecule has 4 rings (SSSR count). The Morgan fingerprint density at radius 1 is 1.15 bits per heavy atom. The molecule has 3 heterocycles. The van der Waals surface area contributed by atoms with E-state index in [0.29, 0.717) is 25.0 Å². The van der Waals surface area contributed by atoms with E-state index in [1.165, 1.54) is 11.0 Å². The summed E-state index contributed by atoms with van der Waals surface area (Å²) in [5, 5.41) is 12.4. The molecule has 1 aliphatic rings. The van der Waals surface area contributed by atoms with Gasteiger partial charge in [0.05, 0.1) is 17.6 Å². The summed E-state index contributed by atoms with van der Waals surface area (Å²) in [5.41, 5.74) is 0.517. The number of fused-ring (bicyclic) bond motifs is 1. The first kappa shape index (κ1) is 17.3. The molecule has 1 aromatic carbocycles. The molecular weight excluding hydrogens is 346 g/mol. The minimum atomic E-state index is -0.228. The van der Waals surface area contributed by atoms with Gasteiger partial charge in [0.1, 0.15) is 18.7 Å². The van der Waals surface area contributed by atoms with Gasteiger partial charge in [0.15, 0.2) is 0 Å². The van der Waals surface area contributed by atoms with Crippen LogP contribution < -0.4 is 5.56 Å². The van der Waals surface area contributed by atoms with E-state index in [2.05, 4.69) is 25.2 Å². The van der Waals surface area contributed by atoms with Gasteiger partial charge in [-0.05, 0) is 13.0 Å². The summed E-state index contributed by atoms with van der Waals surface area (Å²) in [6.07, 6.45) is 1.49. The average molecular weight is 367 g/mol. The highest BCUT2D eigenvalue weighted by Gasteiger charge is 2.22.